The smallest absolute Gasteiger partial charge is 0.336 e. The number of rotatable bonds is 12. The first-order valence-corrected chi connectivity index (χ1v) is 11.3. The summed E-state index contributed by atoms with van der Waals surface area (Å²) < 4.78 is 45.9. The zero-order valence-electron chi connectivity index (χ0n) is 16.7. The number of carboxylic acid groups (broad SMARTS) is 2. The quantitative estimate of drug-likeness (QED) is 0.192. The van der Waals surface area contributed by atoms with Crippen LogP contribution in [0, 0.1) is 0 Å². The molecule has 10 N–H and O–H groups in total. The monoisotopic (exact) mass is 457 g/mol. The van der Waals surface area contributed by atoms with Crippen LogP contribution in [0.15, 0.2) is 0 Å². The van der Waals surface area contributed by atoms with Crippen molar-refractivity contribution in [2.75, 3.05) is 45.8 Å². The van der Waals surface area contributed by atoms with Gasteiger partial charge in [-0.2, -0.15) is 0 Å². The summed E-state index contributed by atoms with van der Waals surface area (Å²) in [5.74, 6) is -2.57. The molecule has 2 unspecified atom stereocenters. The normalized spacial score (nSPS) is 14.5. The molecule has 0 radical (unpaired) electrons. The van der Waals surface area contributed by atoms with Gasteiger partial charge in [0.05, 0.1) is 21.7 Å². The highest BCUT2D eigenvalue weighted by Gasteiger charge is 2.30. The van der Waals surface area contributed by atoms with Crippen LogP contribution >= 0.6 is 21.7 Å². The van der Waals surface area contributed by atoms with E-state index in [-0.39, 0.29) is 11.5 Å². The SMILES string of the molecule is CCS(O)(O)OCC(OS(O)(O)CC)C(=O)O.CN.CNCC(NC)C(=O)O. The molecular formula is C13H35N3O10S2. The summed E-state index contributed by atoms with van der Waals surface area (Å²) in [7, 11) is -1.92. The lowest BCUT2D eigenvalue weighted by molar-refractivity contribution is -0.146. The summed E-state index contributed by atoms with van der Waals surface area (Å²) in [5.41, 5.74) is 4.50. The molecule has 2 atom stereocenters. The molecule has 0 aliphatic heterocycles. The molecule has 0 aromatic rings. The lowest BCUT2D eigenvalue weighted by Crippen LogP contribution is -2.41. The first kappa shape index (κ1) is 32.0. The molecule has 0 amide bonds. The average molecular weight is 458 g/mol. The van der Waals surface area contributed by atoms with Crippen molar-refractivity contribution in [1.29, 1.82) is 0 Å². The fourth-order valence-corrected chi connectivity index (χ4v) is 2.32. The van der Waals surface area contributed by atoms with Crippen LogP contribution in [0.1, 0.15) is 13.8 Å². The highest BCUT2D eigenvalue weighted by Crippen LogP contribution is 2.43. The van der Waals surface area contributed by atoms with Crippen molar-refractivity contribution in [1.82, 2.24) is 10.6 Å². The third kappa shape index (κ3) is 17.4. The molecule has 0 saturated carbocycles. The van der Waals surface area contributed by atoms with Crippen molar-refractivity contribution in [3.63, 3.8) is 0 Å². The second-order valence-electron chi connectivity index (χ2n) is 4.74. The Bertz CT molecular complexity index is 429. The fraction of sp³-hybridized carbons (Fsp3) is 0.846. The van der Waals surface area contributed by atoms with Gasteiger partial charge in [-0.15, -0.1) is 0 Å². The van der Waals surface area contributed by atoms with E-state index in [0.29, 0.717) is 6.54 Å². The van der Waals surface area contributed by atoms with E-state index in [9.17, 15) is 18.7 Å². The maximum Gasteiger partial charge on any atom is 0.336 e. The third-order valence-electron chi connectivity index (χ3n) is 2.76. The van der Waals surface area contributed by atoms with Crippen LogP contribution in [0.2, 0.25) is 0 Å². The van der Waals surface area contributed by atoms with Gasteiger partial charge in [-0.25, -0.2) is 4.79 Å². The summed E-state index contributed by atoms with van der Waals surface area (Å²) in [6, 6.07) is -0.477. The van der Waals surface area contributed by atoms with E-state index in [1.165, 1.54) is 20.9 Å². The Morgan fingerprint density at radius 2 is 1.43 bits per heavy atom. The highest BCUT2D eigenvalue weighted by molar-refractivity contribution is 8.20. The molecular weight excluding hydrogens is 422 g/mol. The van der Waals surface area contributed by atoms with Crippen LogP contribution < -0.4 is 16.4 Å². The zero-order chi connectivity index (χ0) is 23.0. The molecule has 0 bridgehead atoms. The molecule has 15 heteroatoms. The van der Waals surface area contributed by atoms with Gasteiger partial charge in [0.15, 0.2) is 6.10 Å². The van der Waals surface area contributed by atoms with E-state index in [0.717, 1.165) is 0 Å². The minimum Gasteiger partial charge on any atom is -0.480 e. The van der Waals surface area contributed by atoms with Crippen LogP contribution in [0.5, 0.6) is 0 Å². The summed E-state index contributed by atoms with van der Waals surface area (Å²) in [6.07, 6.45) is -1.67. The van der Waals surface area contributed by atoms with Crippen LogP contribution in [0.25, 0.3) is 0 Å². The van der Waals surface area contributed by atoms with Crippen LogP contribution in [0.3, 0.4) is 0 Å². The van der Waals surface area contributed by atoms with Gasteiger partial charge in [0.1, 0.15) is 12.6 Å². The lowest BCUT2D eigenvalue weighted by Gasteiger charge is -2.30. The third-order valence-corrected chi connectivity index (χ3v) is 5.32. The van der Waals surface area contributed by atoms with Gasteiger partial charge in [0.25, 0.3) is 0 Å². The van der Waals surface area contributed by atoms with Gasteiger partial charge in [-0.3, -0.25) is 13.2 Å². The minimum absolute atomic E-state index is 0.0939. The molecule has 0 fully saturated rings. The molecule has 0 aromatic carbocycles. The molecule has 13 nitrogen and oxygen atoms in total. The number of nitrogens with one attached hydrogen (secondary N) is 2. The molecule has 0 heterocycles. The van der Waals surface area contributed by atoms with E-state index in [4.69, 9.17) is 19.3 Å². The Kier molecular flexibility index (Phi) is 19.6. The van der Waals surface area contributed by atoms with Gasteiger partial charge in [-0.05, 0) is 21.1 Å². The summed E-state index contributed by atoms with van der Waals surface area (Å²) in [4.78, 5) is 20.9. The van der Waals surface area contributed by atoms with Crippen molar-refractivity contribution in [3.8, 4) is 0 Å². The number of hydrogen-bond acceptors (Lipinski definition) is 11. The molecule has 28 heavy (non-hydrogen) atoms. The molecule has 0 rings (SSSR count). The maximum atomic E-state index is 10.7. The van der Waals surface area contributed by atoms with Gasteiger partial charge in [0.2, 0.25) is 0 Å². The molecule has 0 aromatic heterocycles. The predicted octanol–water partition coefficient (Wildman–Crippen LogP) is 0.297. The summed E-state index contributed by atoms with van der Waals surface area (Å²) in [5, 5.41) is 22.5. The molecule has 174 valence electrons. The number of nitrogens with two attached hydrogens (primary N) is 1. The van der Waals surface area contributed by atoms with Crippen molar-refractivity contribution in [2.45, 2.75) is 26.0 Å². The van der Waals surface area contributed by atoms with E-state index in [2.05, 4.69) is 24.7 Å². The predicted molar refractivity (Wildman–Crippen MR) is 110 cm³/mol. The topological polar surface area (TPSA) is 224 Å². The Morgan fingerprint density at radius 1 is 0.964 bits per heavy atom. The number of carboxylic acids is 2. The minimum atomic E-state index is -3.45. The van der Waals surface area contributed by atoms with E-state index >= 15 is 0 Å². The second-order valence-corrected chi connectivity index (χ2v) is 8.75. The fourth-order valence-electron chi connectivity index (χ4n) is 1.17. The van der Waals surface area contributed by atoms with E-state index in [1.54, 1.807) is 14.1 Å². The van der Waals surface area contributed by atoms with Gasteiger partial charge >= 0.3 is 11.9 Å². The Labute approximate surface area is 168 Å². The number of hydrogen-bond donors (Lipinski definition) is 9. The average Bonchev–Trinajstić information content (AvgIpc) is 2.64. The Hall–Kier alpha value is -0.720. The Balaban J connectivity index is -0.000000479. The van der Waals surface area contributed by atoms with Crippen molar-refractivity contribution >= 4 is 33.7 Å². The number of carbonyl (C=O) groups is 2. The van der Waals surface area contributed by atoms with E-state index < -0.39 is 52.4 Å². The molecule has 0 saturated heterocycles. The van der Waals surface area contributed by atoms with Gasteiger partial charge in [0, 0.05) is 18.1 Å². The maximum absolute atomic E-state index is 10.7. The standard InChI is InChI=1S/C7H18O8S2.C5H12N2O2.CH5N/c1-3-16(10,11)14-5-6(7(8)9)15-17(12,13)4-2;1-6-3-4(7-2)5(8)9;1-2/h6,10-13H,3-5H2,1-2H3,(H,8,9);4,6-7H,3H2,1-2H3,(H,8,9);2H2,1H3. The Morgan fingerprint density at radius 3 is 1.68 bits per heavy atom. The number of aliphatic carboxylic acids is 2. The van der Waals surface area contributed by atoms with Gasteiger partial charge in [-0.1, -0.05) is 13.8 Å². The van der Waals surface area contributed by atoms with E-state index in [1.807, 2.05) is 0 Å². The highest BCUT2D eigenvalue weighted by atomic mass is 32.3. The van der Waals surface area contributed by atoms with Crippen molar-refractivity contribution in [3.05, 3.63) is 0 Å². The van der Waals surface area contributed by atoms with Crippen molar-refractivity contribution < 1.29 is 46.4 Å². The van der Waals surface area contributed by atoms with Crippen molar-refractivity contribution in [2.24, 2.45) is 5.73 Å². The lowest BCUT2D eigenvalue weighted by atomic mass is 10.3. The number of likely N-dealkylation sites (N-methyl/N-ethyl adjacent to an activating group) is 2. The molecule has 0 aliphatic rings. The van der Waals surface area contributed by atoms with Crippen LogP contribution in [-0.4, -0.2) is 98.3 Å². The van der Waals surface area contributed by atoms with Crippen LogP contribution in [-0.2, 0) is 18.0 Å². The second kappa shape index (κ2) is 17.2. The summed E-state index contributed by atoms with van der Waals surface area (Å²) in [6.45, 7) is 2.63. The molecule has 0 aliphatic carbocycles. The van der Waals surface area contributed by atoms with Crippen LogP contribution in [0.4, 0.5) is 0 Å². The zero-order valence-corrected chi connectivity index (χ0v) is 18.3. The first-order chi connectivity index (χ1) is 12.9. The largest absolute Gasteiger partial charge is 0.480 e. The van der Waals surface area contributed by atoms with Gasteiger partial charge < -0.3 is 44.8 Å². The summed E-state index contributed by atoms with van der Waals surface area (Å²) >= 11 is 0. The molecule has 0 spiro atoms. The first-order valence-electron chi connectivity index (χ1n) is 8.05.